The van der Waals surface area contributed by atoms with Crippen molar-refractivity contribution in [3.63, 3.8) is 0 Å². The molecule has 0 bridgehead atoms. The van der Waals surface area contributed by atoms with Gasteiger partial charge in [0.25, 0.3) is 0 Å². The van der Waals surface area contributed by atoms with Gasteiger partial charge in [-0.2, -0.15) is 0 Å². The Morgan fingerprint density at radius 2 is 1.56 bits per heavy atom. The van der Waals surface area contributed by atoms with E-state index < -0.39 is 0 Å². The third kappa shape index (κ3) is 4.89. The predicted molar refractivity (Wildman–Crippen MR) is 136 cm³/mol. The smallest absolute Gasteiger partial charge is 0.103 e. The number of anilines is 2. The van der Waals surface area contributed by atoms with Crippen LogP contribution in [0, 0.1) is 13.8 Å². The van der Waals surface area contributed by atoms with Crippen LogP contribution in [-0.2, 0) is 0 Å². The van der Waals surface area contributed by atoms with Crippen molar-refractivity contribution in [1.82, 2.24) is 9.47 Å². The van der Waals surface area contributed by atoms with Gasteiger partial charge in [-0.15, -0.1) is 0 Å². The van der Waals surface area contributed by atoms with Crippen LogP contribution in [0.25, 0.3) is 5.69 Å². The normalized spacial score (nSPS) is 17.0. The van der Waals surface area contributed by atoms with Crippen LogP contribution in [0.3, 0.4) is 0 Å². The van der Waals surface area contributed by atoms with Gasteiger partial charge in [-0.1, -0.05) is 38.1 Å². The lowest BCUT2D eigenvalue weighted by Crippen LogP contribution is -2.26. The summed E-state index contributed by atoms with van der Waals surface area (Å²) in [5, 5.41) is 7.33. The van der Waals surface area contributed by atoms with Gasteiger partial charge in [0.05, 0.1) is 24.0 Å². The highest BCUT2D eigenvalue weighted by Crippen LogP contribution is 2.32. The van der Waals surface area contributed by atoms with E-state index in [1.165, 1.54) is 22.6 Å². The number of nitrogens with one attached hydrogen (secondary N) is 2. The van der Waals surface area contributed by atoms with Crippen LogP contribution in [0.4, 0.5) is 11.4 Å². The van der Waals surface area contributed by atoms with Gasteiger partial charge in [-0.25, -0.2) is 0 Å². The maximum absolute atomic E-state index is 4.95. The van der Waals surface area contributed by atoms with Crippen molar-refractivity contribution >= 4 is 17.2 Å². The number of likely N-dealkylation sites (N-methyl/N-ethyl adjacent to an activating group) is 1. The molecule has 5 heteroatoms. The second kappa shape index (κ2) is 10.0. The second-order valence-corrected chi connectivity index (χ2v) is 8.47. The van der Waals surface area contributed by atoms with Crippen LogP contribution in [0.1, 0.15) is 43.3 Å². The van der Waals surface area contributed by atoms with E-state index in [1.54, 1.807) is 0 Å². The van der Waals surface area contributed by atoms with Gasteiger partial charge in [0.2, 0.25) is 0 Å². The zero-order chi connectivity index (χ0) is 22.5. The first kappa shape index (κ1) is 22.2. The van der Waals surface area contributed by atoms with Gasteiger partial charge in [0.15, 0.2) is 0 Å². The molecule has 1 aromatic heterocycles. The van der Waals surface area contributed by atoms with Gasteiger partial charge in [-0.05, 0) is 68.9 Å². The van der Waals surface area contributed by atoms with E-state index >= 15 is 0 Å². The number of hydrogen-bond acceptors (Lipinski definition) is 3. The summed E-state index contributed by atoms with van der Waals surface area (Å²) in [5.74, 6) is 1.04. The Morgan fingerprint density at radius 3 is 2.22 bits per heavy atom. The first-order valence-corrected chi connectivity index (χ1v) is 11.7. The predicted octanol–water partition coefficient (Wildman–Crippen LogP) is 5.80. The number of rotatable bonds is 7. The highest BCUT2D eigenvalue weighted by Gasteiger charge is 2.21. The average Bonchev–Trinajstić information content (AvgIpc) is 3.03. The molecule has 2 N–H and O–H groups in total. The molecule has 0 radical (unpaired) electrons. The number of amidine groups is 1. The number of para-hydroxylation sites is 2. The molecule has 168 valence electrons. The van der Waals surface area contributed by atoms with Crippen molar-refractivity contribution in [3.8, 4) is 5.69 Å². The molecule has 2 aromatic carbocycles. The fourth-order valence-electron chi connectivity index (χ4n) is 4.46. The minimum Gasteiger partial charge on any atom is -0.376 e. The van der Waals surface area contributed by atoms with Gasteiger partial charge in [-0.3, -0.25) is 4.99 Å². The van der Waals surface area contributed by atoms with E-state index in [9.17, 15) is 0 Å². The Labute approximate surface area is 192 Å². The number of fused-ring (bicyclic) bond motifs is 1. The summed E-state index contributed by atoms with van der Waals surface area (Å²) >= 11 is 0. The zero-order valence-corrected chi connectivity index (χ0v) is 19.7. The Hall–Kier alpha value is -3.05. The second-order valence-electron chi connectivity index (χ2n) is 8.47. The molecule has 0 spiro atoms. The number of nitrogens with zero attached hydrogens (tertiary/aromatic N) is 3. The van der Waals surface area contributed by atoms with Crippen molar-refractivity contribution in [2.75, 3.05) is 36.8 Å². The molecule has 0 saturated carbocycles. The lowest BCUT2D eigenvalue weighted by atomic mass is 10.0. The van der Waals surface area contributed by atoms with Gasteiger partial charge in [0.1, 0.15) is 5.84 Å². The third-order valence-electron chi connectivity index (χ3n) is 6.37. The van der Waals surface area contributed by atoms with Crippen LogP contribution in [0.5, 0.6) is 0 Å². The fraction of sp³-hybridized carbons (Fsp3) is 0.370. The van der Waals surface area contributed by atoms with Gasteiger partial charge < -0.3 is 20.1 Å². The molecule has 1 aliphatic rings. The number of benzene rings is 2. The number of aromatic nitrogens is 1. The van der Waals surface area contributed by atoms with E-state index in [4.69, 9.17) is 4.99 Å². The van der Waals surface area contributed by atoms with Crippen molar-refractivity contribution in [1.29, 1.82) is 0 Å². The zero-order valence-electron chi connectivity index (χ0n) is 19.7. The van der Waals surface area contributed by atoms with Crippen LogP contribution in [0.15, 0.2) is 65.7 Å². The lowest BCUT2D eigenvalue weighted by molar-refractivity contribution is 0.313. The summed E-state index contributed by atoms with van der Waals surface area (Å²) < 4.78 is 2.29. The summed E-state index contributed by atoms with van der Waals surface area (Å²) in [5.41, 5.74) is 7.19. The van der Waals surface area contributed by atoms with E-state index in [1.807, 2.05) is 0 Å². The van der Waals surface area contributed by atoms with Crippen molar-refractivity contribution in [2.45, 2.75) is 40.2 Å². The molecule has 0 aliphatic carbocycles. The molecule has 0 amide bonds. The fourth-order valence-corrected chi connectivity index (χ4v) is 4.46. The largest absolute Gasteiger partial charge is 0.376 e. The van der Waals surface area contributed by atoms with Crippen molar-refractivity contribution in [3.05, 3.63) is 77.6 Å². The summed E-state index contributed by atoms with van der Waals surface area (Å²) in [6.07, 6.45) is 0.827. The van der Waals surface area contributed by atoms with E-state index in [-0.39, 0.29) is 6.04 Å². The number of aliphatic imine (C=N–C) groups is 1. The van der Waals surface area contributed by atoms with E-state index in [2.05, 4.69) is 108 Å². The Bertz CT molecular complexity index is 1040. The van der Waals surface area contributed by atoms with E-state index in [0.29, 0.717) is 0 Å². The van der Waals surface area contributed by atoms with Crippen LogP contribution in [0.2, 0.25) is 0 Å². The molecule has 3 aromatic rings. The van der Waals surface area contributed by atoms with E-state index in [0.717, 1.165) is 49.8 Å². The summed E-state index contributed by atoms with van der Waals surface area (Å²) in [4.78, 5) is 7.37. The molecular weight excluding hydrogens is 394 g/mol. The van der Waals surface area contributed by atoms with Crippen LogP contribution in [-0.4, -0.2) is 41.5 Å². The minimum atomic E-state index is 0.166. The number of aryl methyl sites for hydroxylation is 2. The Kier molecular flexibility index (Phi) is 6.96. The topological polar surface area (TPSA) is 44.6 Å². The molecule has 0 fully saturated rings. The summed E-state index contributed by atoms with van der Waals surface area (Å²) in [6.45, 7) is 12.6. The van der Waals surface area contributed by atoms with Gasteiger partial charge >= 0.3 is 0 Å². The SMILES string of the molecule is CCN(CC)CCN=C1CC(c2ccc(-n3c(C)ccc3C)cc2)Nc2ccccc2N1. The molecule has 2 heterocycles. The maximum atomic E-state index is 4.95. The van der Waals surface area contributed by atoms with Crippen molar-refractivity contribution < 1.29 is 0 Å². The molecule has 1 aliphatic heterocycles. The summed E-state index contributed by atoms with van der Waals surface area (Å²) in [7, 11) is 0. The first-order valence-electron chi connectivity index (χ1n) is 11.7. The Morgan fingerprint density at radius 1 is 0.906 bits per heavy atom. The quantitative estimate of drug-likeness (QED) is 0.499. The van der Waals surface area contributed by atoms with Gasteiger partial charge in [0, 0.05) is 30.0 Å². The van der Waals surface area contributed by atoms with Crippen LogP contribution < -0.4 is 10.6 Å². The minimum absolute atomic E-state index is 0.166. The monoisotopic (exact) mass is 429 g/mol. The lowest BCUT2D eigenvalue weighted by Gasteiger charge is -2.19. The molecule has 4 rings (SSSR count). The Balaban J connectivity index is 1.58. The molecule has 5 nitrogen and oxygen atoms in total. The molecule has 32 heavy (non-hydrogen) atoms. The molecule has 0 saturated heterocycles. The highest BCUT2D eigenvalue weighted by atomic mass is 15.1. The third-order valence-corrected chi connectivity index (χ3v) is 6.37. The maximum Gasteiger partial charge on any atom is 0.103 e. The van der Waals surface area contributed by atoms with Crippen LogP contribution >= 0.6 is 0 Å². The standard InChI is InChI=1S/C27H35N5/c1-5-31(6-2)18-17-28-27-19-26(29-24-9-7-8-10-25(24)30-27)22-13-15-23(16-14-22)32-20(3)11-12-21(32)4/h7-16,26,29H,5-6,17-19H2,1-4H3,(H,28,30). The summed E-state index contributed by atoms with van der Waals surface area (Å²) in [6, 6.07) is 21.8. The molecule has 1 atom stereocenters. The molecule has 1 unspecified atom stereocenters. The first-order chi connectivity index (χ1) is 15.6. The molecular formula is C27H35N5. The number of hydrogen-bond donors (Lipinski definition) is 2. The average molecular weight is 430 g/mol. The van der Waals surface area contributed by atoms with Crippen molar-refractivity contribution in [2.24, 2.45) is 4.99 Å². The highest BCUT2D eigenvalue weighted by molar-refractivity contribution is 6.00.